The van der Waals surface area contributed by atoms with Crippen LogP contribution in [0.15, 0.2) is 36.7 Å². The second-order valence-corrected chi connectivity index (χ2v) is 12.2. The van der Waals surface area contributed by atoms with Gasteiger partial charge in [0.05, 0.1) is 18.3 Å². The monoisotopic (exact) mass is 627 g/mol. The Labute approximate surface area is 245 Å². The third-order valence-corrected chi connectivity index (χ3v) is 8.99. The molecule has 1 saturated heterocycles. The molecule has 0 radical (unpaired) electrons. The Morgan fingerprint density at radius 2 is 2.02 bits per heavy atom. The smallest absolute Gasteiger partial charge is 0.459 e. The number of nitrogens with two attached hydrogens (primary N) is 1. The molecule has 2 aromatic heterocycles. The molecular formula is C25H32ClFN7O7P. The fourth-order valence-electron chi connectivity index (χ4n) is 4.95. The molecule has 0 bridgehead atoms. The molecule has 42 heavy (non-hydrogen) atoms. The van der Waals surface area contributed by atoms with Crippen LogP contribution in [-0.4, -0.2) is 78.6 Å². The quantitative estimate of drug-likeness (QED) is 0.131. The van der Waals surface area contributed by atoms with Gasteiger partial charge in [-0.05, 0) is 39.8 Å². The Bertz CT molecular complexity index is 1510. The topological polar surface area (TPSA) is 185 Å². The van der Waals surface area contributed by atoms with Crippen LogP contribution in [-0.2, 0) is 23.4 Å². The first-order valence-corrected chi connectivity index (χ1v) is 15.3. The highest BCUT2D eigenvalue weighted by Gasteiger charge is 2.90. The predicted octanol–water partition coefficient (Wildman–Crippen LogP) is 2.93. The number of imidazole rings is 1. The molecule has 2 fully saturated rings. The molecule has 0 spiro atoms. The van der Waals surface area contributed by atoms with Crippen LogP contribution in [0.3, 0.4) is 0 Å². The van der Waals surface area contributed by atoms with Crippen molar-refractivity contribution in [1.29, 1.82) is 0 Å². The summed E-state index contributed by atoms with van der Waals surface area (Å²) < 4.78 is 54.1. The van der Waals surface area contributed by atoms with Crippen molar-refractivity contribution in [3.63, 3.8) is 0 Å². The van der Waals surface area contributed by atoms with Gasteiger partial charge in [-0.25, -0.2) is 13.9 Å². The second-order valence-electron chi connectivity index (χ2n) is 10.3. The number of nitrogen functional groups attached to an aromatic ring is 1. The number of anilines is 2. The molecule has 2 aliphatic rings. The lowest BCUT2D eigenvalue weighted by Gasteiger charge is -2.27. The Balaban J connectivity index is 1.43. The highest BCUT2D eigenvalue weighted by atomic mass is 35.5. The van der Waals surface area contributed by atoms with Crippen LogP contribution in [0.4, 0.5) is 16.2 Å². The highest BCUT2D eigenvalue weighted by Crippen LogP contribution is 2.69. The maximum atomic E-state index is 16.2. The molecule has 1 aromatic carbocycles. The van der Waals surface area contributed by atoms with E-state index in [4.69, 9.17) is 35.9 Å². The van der Waals surface area contributed by atoms with Crippen molar-refractivity contribution < 1.29 is 37.4 Å². The number of esters is 1. The molecule has 1 saturated carbocycles. The lowest BCUT2D eigenvalue weighted by molar-refractivity contribution is -0.149. The molecule has 3 heterocycles. The summed E-state index contributed by atoms with van der Waals surface area (Å²) in [4.78, 5) is 25.1. The normalized spacial score (nSPS) is 28.7. The zero-order valence-corrected chi connectivity index (χ0v) is 24.9. The van der Waals surface area contributed by atoms with E-state index in [1.165, 1.54) is 30.0 Å². The van der Waals surface area contributed by atoms with Gasteiger partial charge in [-0.3, -0.25) is 13.9 Å². The SMILES string of the molecule is CCNc1nc(N)nc2c1ncn2[C@@H]1O[C@]2(CCl)C(O[P@@](=O)(N[C@@H](C)C(=O)OC(C)C)Oc3ccccc3)[C@]2(O)[C@H]1F. The van der Waals surface area contributed by atoms with Crippen molar-refractivity contribution in [3.05, 3.63) is 36.7 Å². The zero-order valence-electron chi connectivity index (χ0n) is 23.2. The van der Waals surface area contributed by atoms with E-state index >= 15 is 4.39 Å². The van der Waals surface area contributed by atoms with Crippen LogP contribution < -0.4 is 20.7 Å². The van der Waals surface area contributed by atoms with Crippen LogP contribution >= 0.6 is 19.3 Å². The number of para-hydroxylation sites is 1. The largest absolute Gasteiger partial charge is 0.462 e. The molecular weight excluding hydrogens is 596 g/mol. The van der Waals surface area contributed by atoms with Gasteiger partial charge in [0.2, 0.25) is 5.95 Å². The minimum Gasteiger partial charge on any atom is -0.462 e. The third kappa shape index (κ3) is 5.07. The first kappa shape index (κ1) is 30.4. The lowest BCUT2D eigenvalue weighted by Crippen LogP contribution is -2.38. The van der Waals surface area contributed by atoms with Crippen LogP contribution in [0.25, 0.3) is 11.2 Å². The van der Waals surface area contributed by atoms with Crippen molar-refractivity contribution in [2.24, 2.45) is 0 Å². The van der Waals surface area contributed by atoms with E-state index in [1.54, 1.807) is 32.0 Å². The molecule has 17 heteroatoms. The van der Waals surface area contributed by atoms with Gasteiger partial charge >= 0.3 is 13.7 Å². The average Bonchev–Trinajstić information content (AvgIpc) is 3.17. The van der Waals surface area contributed by atoms with Crippen molar-refractivity contribution in [3.8, 4) is 5.75 Å². The number of hydrogen-bond donors (Lipinski definition) is 4. The number of aliphatic hydroxyl groups is 1. The van der Waals surface area contributed by atoms with Crippen LogP contribution in [0, 0.1) is 0 Å². The number of hydrogen-bond acceptors (Lipinski definition) is 12. The van der Waals surface area contributed by atoms with Gasteiger partial charge < -0.3 is 30.2 Å². The first-order valence-electron chi connectivity index (χ1n) is 13.2. The van der Waals surface area contributed by atoms with Gasteiger partial charge in [0, 0.05) is 6.54 Å². The molecule has 5 rings (SSSR count). The lowest BCUT2D eigenvalue weighted by atomic mass is 10.1. The highest BCUT2D eigenvalue weighted by molar-refractivity contribution is 7.52. The van der Waals surface area contributed by atoms with E-state index in [0.717, 1.165) is 0 Å². The van der Waals surface area contributed by atoms with Gasteiger partial charge in [0.1, 0.15) is 23.5 Å². The summed E-state index contributed by atoms with van der Waals surface area (Å²) in [7, 11) is -4.49. The van der Waals surface area contributed by atoms with Gasteiger partial charge in [0.15, 0.2) is 35.0 Å². The molecule has 1 unspecified atom stereocenters. The van der Waals surface area contributed by atoms with Gasteiger partial charge in [-0.2, -0.15) is 15.1 Å². The molecule has 5 N–H and O–H groups in total. The Morgan fingerprint density at radius 3 is 2.64 bits per heavy atom. The number of carbonyl (C=O) groups excluding carboxylic acids is 1. The van der Waals surface area contributed by atoms with Crippen LogP contribution in [0.1, 0.15) is 33.9 Å². The minimum absolute atomic E-state index is 0.0825. The zero-order chi connectivity index (χ0) is 30.4. The Hall–Kier alpha value is -3.07. The second kappa shape index (κ2) is 11.2. The molecule has 1 aliphatic heterocycles. The average molecular weight is 628 g/mol. The number of nitrogens with zero attached hydrogens (tertiary/aromatic N) is 4. The summed E-state index contributed by atoms with van der Waals surface area (Å²) in [5.41, 5.74) is 2.15. The summed E-state index contributed by atoms with van der Waals surface area (Å²) in [6, 6.07) is 6.84. The number of rotatable bonds is 12. The molecule has 14 nitrogen and oxygen atoms in total. The third-order valence-electron chi connectivity index (χ3n) is 6.95. The van der Waals surface area contributed by atoms with Gasteiger partial charge in [0.25, 0.3) is 0 Å². The number of alkyl halides is 2. The van der Waals surface area contributed by atoms with E-state index in [9.17, 15) is 14.5 Å². The number of carbonyl (C=O) groups is 1. The first-order chi connectivity index (χ1) is 19.9. The summed E-state index contributed by atoms with van der Waals surface area (Å²) in [5, 5.41) is 17.1. The number of aromatic nitrogens is 4. The summed E-state index contributed by atoms with van der Waals surface area (Å²) >= 11 is 6.24. The van der Waals surface area contributed by atoms with Crippen LogP contribution in [0.5, 0.6) is 5.75 Å². The molecule has 0 amide bonds. The molecule has 3 aromatic rings. The van der Waals surface area contributed by atoms with Gasteiger partial charge in [-0.1, -0.05) is 18.2 Å². The summed E-state index contributed by atoms with van der Waals surface area (Å²) in [6.07, 6.45) is -4.28. The van der Waals surface area contributed by atoms with E-state index in [-0.39, 0.29) is 17.3 Å². The maximum Gasteiger partial charge on any atom is 0.459 e. The van der Waals surface area contributed by atoms with E-state index < -0.39 is 61.4 Å². The fourth-order valence-corrected chi connectivity index (χ4v) is 7.11. The Kier molecular flexibility index (Phi) is 8.11. The van der Waals surface area contributed by atoms with Crippen molar-refractivity contribution in [2.45, 2.75) is 69.5 Å². The maximum absolute atomic E-state index is 16.2. The Morgan fingerprint density at radius 1 is 1.31 bits per heavy atom. The number of nitrogens with one attached hydrogen (secondary N) is 2. The molecule has 1 aliphatic carbocycles. The van der Waals surface area contributed by atoms with Crippen molar-refractivity contribution in [2.75, 3.05) is 23.5 Å². The van der Waals surface area contributed by atoms with Gasteiger partial charge in [-0.15, -0.1) is 11.6 Å². The van der Waals surface area contributed by atoms with E-state index in [1.807, 2.05) is 6.92 Å². The number of fused-ring (bicyclic) bond motifs is 2. The van der Waals surface area contributed by atoms with E-state index in [2.05, 4.69) is 25.4 Å². The van der Waals surface area contributed by atoms with Crippen molar-refractivity contribution in [1.82, 2.24) is 24.6 Å². The standard InChI is InChI=1S/C25H32ClFN7O7P/c1-5-29-18-16-19(32-23(28)31-18)34(12-30-16)20-17(27)25(36)22(24(25,11-26)39-20)41-42(37,40-15-9-7-6-8-10-15)33-14(4)21(35)38-13(2)3/h6-10,12-14,17,20,22,36H,5,11H2,1-4H3,(H,33,37)(H3,28,29,31,32)/t14-,17-,20+,22?,24+,25+,42+/m0/s1. The molecule has 228 valence electrons. The minimum atomic E-state index is -4.49. The number of halogens is 2. The molecule has 7 atom stereocenters. The summed E-state index contributed by atoms with van der Waals surface area (Å²) in [5.74, 6) is -0.768. The number of benzene rings is 1. The van der Waals surface area contributed by atoms with Crippen LogP contribution in [0.2, 0.25) is 0 Å². The predicted molar refractivity (Wildman–Crippen MR) is 151 cm³/mol. The fraction of sp³-hybridized carbons (Fsp3) is 0.520. The number of ether oxygens (including phenoxy) is 2. The summed E-state index contributed by atoms with van der Waals surface area (Å²) in [6.45, 7) is 7.10. The van der Waals surface area contributed by atoms with E-state index in [0.29, 0.717) is 17.9 Å². The van der Waals surface area contributed by atoms with Crippen molar-refractivity contribution >= 4 is 48.2 Å².